The molecule has 0 fully saturated rings. The van der Waals surface area contributed by atoms with Crippen LogP contribution >= 0.6 is 0 Å². The second-order valence-electron chi connectivity index (χ2n) is 2.57. The highest BCUT2D eigenvalue weighted by Crippen LogP contribution is 2.09. The molecule has 2 atom stereocenters. The van der Waals surface area contributed by atoms with Gasteiger partial charge in [-0.2, -0.15) is 0 Å². The summed E-state index contributed by atoms with van der Waals surface area (Å²) in [6, 6.07) is 0. The number of carbonyl (C=O) groups is 1. The summed E-state index contributed by atoms with van der Waals surface area (Å²) < 4.78 is 0. The van der Waals surface area contributed by atoms with Crippen LogP contribution in [0, 0.1) is 5.92 Å². The smallest absolute Gasteiger partial charge is 0.332 e. The van der Waals surface area contributed by atoms with E-state index in [1.165, 1.54) is 0 Å². The van der Waals surface area contributed by atoms with Crippen LogP contribution in [0.2, 0.25) is 0 Å². The molecule has 4 nitrogen and oxygen atoms in total. The average molecular weight is 161 g/mol. The van der Waals surface area contributed by atoms with Gasteiger partial charge >= 0.3 is 5.97 Å². The average Bonchev–Trinajstić information content (AvgIpc) is 1.98. The lowest BCUT2D eigenvalue weighted by Crippen LogP contribution is -2.34. The van der Waals surface area contributed by atoms with E-state index in [4.69, 9.17) is 15.9 Å². The summed E-state index contributed by atoms with van der Waals surface area (Å²) in [6.45, 7) is 2.15. The van der Waals surface area contributed by atoms with Crippen LogP contribution < -0.4 is 5.73 Å². The predicted molar refractivity (Wildman–Crippen MR) is 41.1 cm³/mol. The Morgan fingerprint density at radius 2 is 2.18 bits per heavy atom. The monoisotopic (exact) mass is 161 g/mol. The molecule has 66 valence electrons. The lowest BCUT2D eigenvalue weighted by molar-refractivity contribution is -0.149. The Hall–Kier alpha value is -0.610. The van der Waals surface area contributed by atoms with Crippen molar-refractivity contribution in [3.05, 3.63) is 0 Å². The van der Waals surface area contributed by atoms with Gasteiger partial charge in [0.2, 0.25) is 0 Å². The number of aliphatic hydroxyl groups excluding tert-OH is 1. The van der Waals surface area contributed by atoms with E-state index in [0.29, 0.717) is 6.42 Å². The summed E-state index contributed by atoms with van der Waals surface area (Å²) in [5.74, 6) is -1.49. The third kappa shape index (κ3) is 3.34. The fourth-order valence-corrected chi connectivity index (χ4v) is 0.977. The lowest BCUT2D eigenvalue weighted by atomic mass is 9.97. The van der Waals surface area contributed by atoms with Crippen molar-refractivity contribution in [1.82, 2.24) is 0 Å². The molecule has 11 heavy (non-hydrogen) atoms. The van der Waals surface area contributed by atoms with Crippen molar-refractivity contribution in [3.8, 4) is 0 Å². The molecule has 0 aromatic carbocycles. The van der Waals surface area contributed by atoms with Gasteiger partial charge in [0.15, 0.2) is 6.10 Å². The Bertz CT molecular complexity index is 127. The van der Waals surface area contributed by atoms with Crippen LogP contribution in [0.4, 0.5) is 0 Å². The molecule has 0 rings (SSSR count). The number of carboxylic acids is 1. The number of carboxylic acid groups (broad SMARTS) is 1. The van der Waals surface area contributed by atoms with Gasteiger partial charge in [-0.25, -0.2) is 4.79 Å². The molecule has 2 unspecified atom stereocenters. The maximum Gasteiger partial charge on any atom is 0.332 e. The SMILES string of the molecule is CCCC(CN)C(O)C(=O)O. The second-order valence-corrected chi connectivity index (χ2v) is 2.57. The lowest BCUT2D eigenvalue weighted by Gasteiger charge is -2.16. The van der Waals surface area contributed by atoms with Crippen LogP contribution in [0.25, 0.3) is 0 Å². The van der Waals surface area contributed by atoms with E-state index >= 15 is 0 Å². The van der Waals surface area contributed by atoms with Crippen LogP contribution in [0.3, 0.4) is 0 Å². The van der Waals surface area contributed by atoms with Gasteiger partial charge in [-0.3, -0.25) is 0 Å². The Morgan fingerprint density at radius 1 is 1.64 bits per heavy atom. The molecule has 4 N–H and O–H groups in total. The first-order valence-corrected chi connectivity index (χ1v) is 3.74. The number of hydrogen-bond acceptors (Lipinski definition) is 3. The molecule has 0 heterocycles. The third-order valence-corrected chi connectivity index (χ3v) is 1.66. The first kappa shape index (κ1) is 10.4. The zero-order chi connectivity index (χ0) is 8.85. The Labute approximate surface area is 66.0 Å². The van der Waals surface area contributed by atoms with E-state index in [1.807, 2.05) is 6.92 Å². The van der Waals surface area contributed by atoms with Crippen molar-refractivity contribution in [2.24, 2.45) is 11.7 Å². The van der Waals surface area contributed by atoms with Gasteiger partial charge in [0.1, 0.15) is 0 Å². The first-order valence-electron chi connectivity index (χ1n) is 3.74. The molecular formula is C7H15NO3. The van der Waals surface area contributed by atoms with E-state index in [2.05, 4.69) is 0 Å². The van der Waals surface area contributed by atoms with Gasteiger partial charge in [0, 0.05) is 5.92 Å². The van der Waals surface area contributed by atoms with E-state index in [9.17, 15) is 4.79 Å². The van der Waals surface area contributed by atoms with Gasteiger partial charge < -0.3 is 15.9 Å². The molecule has 0 bridgehead atoms. The Kier molecular flexibility index (Phi) is 4.81. The summed E-state index contributed by atoms with van der Waals surface area (Å²) in [5.41, 5.74) is 5.27. The standard InChI is InChI=1S/C7H15NO3/c1-2-3-5(4-8)6(9)7(10)11/h5-6,9H,2-4,8H2,1H3,(H,10,11). The molecular weight excluding hydrogens is 146 g/mol. The minimum Gasteiger partial charge on any atom is -0.479 e. The van der Waals surface area contributed by atoms with Crippen molar-refractivity contribution >= 4 is 5.97 Å². The van der Waals surface area contributed by atoms with Crippen molar-refractivity contribution in [2.75, 3.05) is 6.54 Å². The number of hydrogen-bond donors (Lipinski definition) is 3. The van der Waals surface area contributed by atoms with E-state index in [0.717, 1.165) is 6.42 Å². The molecule has 0 saturated carbocycles. The number of aliphatic carboxylic acids is 1. The molecule has 0 aliphatic carbocycles. The highest BCUT2D eigenvalue weighted by atomic mass is 16.4. The topological polar surface area (TPSA) is 83.5 Å². The molecule has 0 spiro atoms. The number of rotatable bonds is 5. The van der Waals surface area contributed by atoms with E-state index in [-0.39, 0.29) is 12.5 Å². The second kappa shape index (κ2) is 5.09. The number of aliphatic hydroxyl groups is 1. The van der Waals surface area contributed by atoms with Gasteiger partial charge in [-0.1, -0.05) is 13.3 Å². The summed E-state index contributed by atoms with van der Waals surface area (Å²) in [6.07, 6.45) is 0.191. The number of nitrogens with two attached hydrogens (primary N) is 1. The maximum atomic E-state index is 10.3. The van der Waals surface area contributed by atoms with Crippen molar-refractivity contribution < 1.29 is 15.0 Å². The molecule has 0 aliphatic heterocycles. The van der Waals surface area contributed by atoms with E-state index in [1.54, 1.807) is 0 Å². The molecule has 0 saturated heterocycles. The molecule has 0 amide bonds. The quantitative estimate of drug-likeness (QED) is 0.521. The zero-order valence-electron chi connectivity index (χ0n) is 6.66. The van der Waals surface area contributed by atoms with Crippen LogP contribution in [0.5, 0.6) is 0 Å². The fraction of sp³-hybridized carbons (Fsp3) is 0.857. The largest absolute Gasteiger partial charge is 0.479 e. The van der Waals surface area contributed by atoms with Crippen molar-refractivity contribution in [1.29, 1.82) is 0 Å². The molecule has 0 aromatic rings. The summed E-state index contributed by atoms with van der Waals surface area (Å²) in [4.78, 5) is 10.3. The maximum absolute atomic E-state index is 10.3. The Morgan fingerprint density at radius 3 is 2.45 bits per heavy atom. The van der Waals surface area contributed by atoms with Gasteiger partial charge in [-0.15, -0.1) is 0 Å². The highest BCUT2D eigenvalue weighted by Gasteiger charge is 2.23. The summed E-state index contributed by atoms with van der Waals surface area (Å²) >= 11 is 0. The molecule has 0 aromatic heterocycles. The molecule has 4 heteroatoms. The van der Waals surface area contributed by atoms with Crippen LogP contribution in [-0.2, 0) is 4.79 Å². The third-order valence-electron chi connectivity index (χ3n) is 1.66. The van der Waals surface area contributed by atoms with Gasteiger partial charge in [0.05, 0.1) is 0 Å². The summed E-state index contributed by atoms with van der Waals surface area (Å²) in [5, 5.41) is 17.4. The minimum absolute atomic E-state index is 0.224. The Balaban J connectivity index is 3.91. The molecule has 0 radical (unpaired) electrons. The predicted octanol–water partition coefficient (Wildman–Crippen LogP) is -0.193. The molecule has 0 aliphatic rings. The van der Waals surface area contributed by atoms with Crippen LogP contribution in [0.15, 0.2) is 0 Å². The first-order chi connectivity index (χ1) is 5.13. The van der Waals surface area contributed by atoms with E-state index < -0.39 is 12.1 Å². The van der Waals surface area contributed by atoms with Crippen molar-refractivity contribution in [3.63, 3.8) is 0 Å². The summed E-state index contributed by atoms with van der Waals surface area (Å²) in [7, 11) is 0. The minimum atomic E-state index is -1.31. The van der Waals surface area contributed by atoms with Crippen LogP contribution in [0.1, 0.15) is 19.8 Å². The van der Waals surface area contributed by atoms with Gasteiger partial charge in [0.25, 0.3) is 0 Å². The van der Waals surface area contributed by atoms with Crippen molar-refractivity contribution in [2.45, 2.75) is 25.9 Å². The highest BCUT2D eigenvalue weighted by molar-refractivity contribution is 5.72. The normalized spacial score (nSPS) is 15.9. The fourth-order valence-electron chi connectivity index (χ4n) is 0.977. The van der Waals surface area contributed by atoms with Crippen LogP contribution in [-0.4, -0.2) is 28.8 Å². The zero-order valence-corrected chi connectivity index (χ0v) is 6.66. The van der Waals surface area contributed by atoms with Gasteiger partial charge in [-0.05, 0) is 13.0 Å².